The lowest BCUT2D eigenvalue weighted by atomic mass is 9.94. The first-order valence-electron chi connectivity index (χ1n) is 6.36. The fourth-order valence-electron chi connectivity index (χ4n) is 2.89. The van der Waals surface area contributed by atoms with E-state index in [4.69, 9.17) is 4.74 Å². The molecule has 3 rings (SSSR count). The number of aromatic nitrogens is 1. The monoisotopic (exact) mass is 257 g/mol. The molecule has 19 heavy (non-hydrogen) atoms. The van der Waals surface area contributed by atoms with Crippen LogP contribution in [0.2, 0.25) is 0 Å². The van der Waals surface area contributed by atoms with Crippen LogP contribution in [0.15, 0.2) is 18.2 Å². The molecule has 0 saturated heterocycles. The van der Waals surface area contributed by atoms with Crippen LogP contribution in [0.3, 0.4) is 0 Å². The third-order valence-corrected chi connectivity index (χ3v) is 3.84. The van der Waals surface area contributed by atoms with Crippen molar-refractivity contribution < 1.29 is 14.3 Å². The average Bonchev–Trinajstić information content (AvgIpc) is 2.72. The Bertz CT molecular complexity index is 697. The summed E-state index contributed by atoms with van der Waals surface area (Å²) in [7, 11) is 3.33. The lowest BCUT2D eigenvalue weighted by Gasteiger charge is -2.12. The van der Waals surface area contributed by atoms with Crippen LogP contribution >= 0.6 is 0 Å². The van der Waals surface area contributed by atoms with Gasteiger partial charge in [-0.2, -0.15) is 0 Å². The molecule has 0 N–H and O–H groups in total. The summed E-state index contributed by atoms with van der Waals surface area (Å²) in [6.07, 6.45) is 2.41. The van der Waals surface area contributed by atoms with Crippen molar-refractivity contribution in [1.29, 1.82) is 0 Å². The van der Waals surface area contributed by atoms with Crippen LogP contribution in [0.5, 0.6) is 0 Å². The smallest absolute Gasteiger partial charge is 0.337 e. The molecule has 2 aromatic rings. The third kappa shape index (κ3) is 1.67. The van der Waals surface area contributed by atoms with E-state index >= 15 is 0 Å². The number of carbonyl (C=O) groups is 2. The van der Waals surface area contributed by atoms with Crippen LogP contribution < -0.4 is 0 Å². The zero-order valence-electron chi connectivity index (χ0n) is 11.0. The van der Waals surface area contributed by atoms with E-state index in [2.05, 4.69) is 4.57 Å². The number of nitrogens with zero attached hydrogens (tertiary/aromatic N) is 1. The Labute approximate surface area is 111 Å². The summed E-state index contributed by atoms with van der Waals surface area (Å²) in [6, 6.07) is 5.39. The summed E-state index contributed by atoms with van der Waals surface area (Å²) >= 11 is 0. The highest BCUT2D eigenvalue weighted by Gasteiger charge is 2.25. The van der Waals surface area contributed by atoms with E-state index in [0.29, 0.717) is 12.0 Å². The van der Waals surface area contributed by atoms with Crippen LogP contribution in [0.1, 0.15) is 39.3 Å². The van der Waals surface area contributed by atoms with Gasteiger partial charge in [0.05, 0.1) is 12.7 Å². The lowest BCUT2D eigenvalue weighted by Crippen LogP contribution is -2.11. The average molecular weight is 257 g/mol. The molecule has 0 unspecified atom stereocenters. The Balaban J connectivity index is 2.30. The van der Waals surface area contributed by atoms with Gasteiger partial charge in [-0.1, -0.05) is 0 Å². The normalized spacial score (nSPS) is 14.5. The number of hydrogen-bond donors (Lipinski definition) is 0. The predicted octanol–water partition coefficient (Wildman–Crippen LogP) is 2.48. The number of carbonyl (C=O) groups excluding carboxylic acids is 2. The highest BCUT2D eigenvalue weighted by molar-refractivity contribution is 6.11. The summed E-state index contributed by atoms with van der Waals surface area (Å²) in [5.74, 6) is -0.198. The van der Waals surface area contributed by atoms with E-state index in [9.17, 15) is 9.59 Å². The molecule has 0 spiro atoms. The van der Waals surface area contributed by atoms with Gasteiger partial charge in [0.25, 0.3) is 0 Å². The van der Waals surface area contributed by atoms with Crippen molar-refractivity contribution in [3.63, 3.8) is 0 Å². The first kappa shape index (κ1) is 12.0. The number of Topliss-reactive ketones (excluding diaryl/α,β-unsaturated/α-hetero) is 1. The topological polar surface area (TPSA) is 48.3 Å². The zero-order chi connectivity index (χ0) is 13.6. The first-order chi connectivity index (χ1) is 9.13. The standard InChI is InChI=1S/C15H15NO3/c1-16-11-7-6-9(15(18)19-2)8-10(11)14-12(16)4-3-5-13(14)17/h6-8H,3-5H2,1-2H3. The van der Waals surface area contributed by atoms with Gasteiger partial charge in [0.15, 0.2) is 5.78 Å². The van der Waals surface area contributed by atoms with Gasteiger partial charge < -0.3 is 9.30 Å². The summed E-state index contributed by atoms with van der Waals surface area (Å²) in [6.45, 7) is 0. The highest BCUT2D eigenvalue weighted by atomic mass is 16.5. The number of methoxy groups -OCH3 is 1. The molecule has 1 aromatic heterocycles. The van der Waals surface area contributed by atoms with Crippen LogP contribution in [-0.2, 0) is 18.2 Å². The second kappa shape index (κ2) is 4.23. The molecule has 0 amide bonds. The molecule has 1 heterocycles. The number of hydrogen-bond acceptors (Lipinski definition) is 3. The van der Waals surface area contributed by atoms with Crippen molar-refractivity contribution in [1.82, 2.24) is 4.57 Å². The van der Waals surface area contributed by atoms with Crippen molar-refractivity contribution in [2.45, 2.75) is 19.3 Å². The molecule has 98 valence electrons. The van der Waals surface area contributed by atoms with E-state index in [1.807, 2.05) is 13.1 Å². The molecule has 1 aliphatic rings. The van der Waals surface area contributed by atoms with Crippen molar-refractivity contribution in [2.24, 2.45) is 7.05 Å². The molecule has 0 aliphatic heterocycles. The van der Waals surface area contributed by atoms with Crippen molar-refractivity contribution in [3.05, 3.63) is 35.0 Å². The first-order valence-corrected chi connectivity index (χ1v) is 6.36. The summed E-state index contributed by atoms with van der Waals surface area (Å²) in [5.41, 5.74) is 3.34. The quantitative estimate of drug-likeness (QED) is 0.737. The van der Waals surface area contributed by atoms with Crippen molar-refractivity contribution >= 4 is 22.7 Å². The molecular weight excluding hydrogens is 242 g/mol. The maximum absolute atomic E-state index is 12.1. The van der Waals surface area contributed by atoms with Gasteiger partial charge in [-0.05, 0) is 31.0 Å². The largest absolute Gasteiger partial charge is 0.465 e. The Morgan fingerprint density at radius 2 is 2.11 bits per heavy atom. The fraction of sp³-hybridized carbons (Fsp3) is 0.333. The van der Waals surface area contributed by atoms with Gasteiger partial charge in [-0.3, -0.25) is 4.79 Å². The van der Waals surface area contributed by atoms with Crippen LogP contribution in [0.4, 0.5) is 0 Å². The van der Waals surface area contributed by atoms with E-state index in [1.54, 1.807) is 12.1 Å². The van der Waals surface area contributed by atoms with Crippen LogP contribution in [-0.4, -0.2) is 23.4 Å². The van der Waals surface area contributed by atoms with Gasteiger partial charge in [0, 0.05) is 35.6 Å². The summed E-state index contributed by atoms with van der Waals surface area (Å²) in [4.78, 5) is 23.7. The number of rotatable bonds is 1. The Kier molecular flexibility index (Phi) is 2.66. The molecule has 0 saturated carbocycles. The Hall–Kier alpha value is -2.10. The van der Waals surface area contributed by atoms with Crippen molar-refractivity contribution in [3.8, 4) is 0 Å². The maximum Gasteiger partial charge on any atom is 0.337 e. The zero-order valence-corrected chi connectivity index (χ0v) is 11.0. The molecule has 1 aliphatic carbocycles. The molecule has 0 fully saturated rings. The van der Waals surface area contributed by atoms with Crippen LogP contribution in [0.25, 0.3) is 10.9 Å². The number of esters is 1. The predicted molar refractivity (Wildman–Crippen MR) is 71.5 cm³/mol. The maximum atomic E-state index is 12.1. The Morgan fingerprint density at radius 1 is 1.32 bits per heavy atom. The second-order valence-electron chi connectivity index (χ2n) is 4.88. The minimum absolute atomic E-state index is 0.175. The summed E-state index contributed by atoms with van der Waals surface area (Å²) < 4.78 is 6.79. The second-order valence-corrected chi connectivity index (χ2v) is 4.88. The molecular formula is C15H15NO3. The molecule has 4 heteroatoms. The minimum Gasteiger partial charge on any atom is -0.465 e. The molecule has 0 bridgehead atoms. The minimum atomic E-state index is -0.372. The van der Waals surface area contributed by atoms with Gasteiger partial charge in [0.1, 0.15) is 0 Å². The van der Waals surface area contributed by atoms with Gasteiger partial charge in [-0.25, -0.2) is 4.79 Å². The summed E-state index contributed by atoms with van der Waals surface area (Å²) in [5, 5.41) is 0.866. The van der Waals surface area contributed by atoms with Crippen LogP contribution in [0, 0.1) is 0 Å². The molecule has 0 radical (unpaired) electrons. The van der Waals surface area contributed by atoms with Gasteiger partial charge in [-0.15, -0.1) is 0 Å². The van der Waals surface area contributed by atoms with E-state index in [0.717, 1.165) is 35.0 Å². The molecule has 1 aromatic carbocycles. The SMILES string of the molecule is COC(=O)c1ccc2c(c1)c1c(n2C)CCCC1=O. The lowest BCUT2D eigenvalue weighted by molar-refractivity contribution is 0.0600. The number of benzene rings is 1. The van der Waals surface area contributed by atoms with E-state index < -0.39 is 0 Å². The fourth-order valence-corrected chi connectivity index (χ4v) is 2.89. The third-order valence-electron chi connectivity index (χ3n) is 3.84. The Morgan fingerprint density at radius 3 is 2.84 bits per heavy atom. The van der Waals surface area contributed by atoms with Crippen molar-refractivity contribution in [2.75, 3.05) is 7.11 Å². The number of ketones is 1. The highest BCUT2D eigenvalue weighted by Crippen LogP contribution is 2.32. The van der Waals surface area contributed by atoms with E-state index in [-0.39, 0.29) is 11.8 Å². The van der Waals surface area contributed by atoms with Gasteiger partial charge in [0.2, 0.25) is 0 Å². The van der Waals surface area contributed by atoms with Gasteiger partial charge >= 0.3 is 5.97 Å². The number of aryl methyl sites for hydroxylation is 1. The number of ether oxygens (including phenoxy) is 1. The number of fused-ring (bicyclic) bond motifs is 3. The molecule has 0 atom stereocenters. The molecule has 4 nitrogen and oxygen atoms in total. The van der Waals surface area contributed by atoms with E-state index in [1.165, 1.54) is 7.11 Å².